The molecule has 5 nitrogen and oxygen atoms in total. The number of ether oxygens (including phenoxy) is 1. The average molecular weight is 289 g/mol. The van der Waals surface area contributed by atoms with E-state index in [0.717, 1.165) is 43.7 Å². The molecule has 1 atom stereocenters. The molecule has 0 spiro atoms. The van der Waals surface area contributed by atoms with Crippen LogP contribution in [0.3, 0.4) is 0 Å². The van der Waals surface area contributed by atoms with Crippen molar-refractivity contribution in [3.05, 3.63) is 11.9 Å². The molecule has 2 heterocycles. The summed E-state index contributed by atoms with van der Waals surface area (Å²) in [6.07, 6.45) is 3.15. The number of aryl methyl sites for hydroxylation is 1. The molecular weight excluding hydrogens is 272 g/mol. The SMILES string of the molecule is CN1CCOC(Cn2cc(CCBr)nn2)C1. The van der Waals surface area contributed by atoms with Gasteiger partial charge in [-0.15, -0.1) is 5.10 Å². The summed E-state index contributed by atoms with van der Waals surface area (Å²) in [5, 5.41) is 9.13. The first-order valence-corrected chi connectivity index (χ1v) is 6.65. The monoisotopic (exact) mass is 288 g/mol. The number of halogens is 1. The highest BCUT2D eigenvalue weighted by atomic mass is 79.9. The van der Waals surface area contributed by atoms with Crippen LogP contribution < -0.4 is 0 Å². The molecule has 1 aromatic heterocycles. The van der Waals surface area contributed by atoms with Gasteiger partial charge in [-0.3, -0.25) is 0 Å². The van der Waals surface area contributed by atoms with Gasteiger partial charge in [-0.2, -0.15) is 0 Å². The lowest BCUT2D eigenvalue weighted by atomic mass is 10.3. The van der Waals surface area contributed by atoms with Crippen LogP contribution in [-0.2, 0) is 17.7 Å². The van der Waals surface area contributed by atoms with Crippen molar-refractivity contribution < 1.29 is 4.74 Å². The molecule has 1 aliphatic heterocycles. The number of rotatable bonds is 4. The van der Waals surface area contributed by atoms with Gasteiger partial charge < -0.3 is 9.64 Å². The zero-order valence-corrected chi connectivity index (χ0v) is 11.1. The second-order valence-corrected chi connectivity index (χ2v) is 4.92. The normalized spacial score (nSPS) is 22.5. The maximum Gasteiger partial charge on any atom is 0.0898 e. The zero-order valence-electron chi connectivity index (χ0n) is 9.47. The van der Waals surface area contributed by atoms with Crippen LogP contribution in [0, 0.1) is 0 Å². The summed E-state index contributed by atoms with van der Waals surface area (Å²) in [4.78, 5) is 2.28. The number of hydrogen-bond acceptors (Lipinski definition) is 4. The van der Waals surface area contributed by atoms with Gasteiger partial charge in [0.25, 0.3) is 0 Å². The smallest absolute Gasteiger partial charge is 0.0898 e. The van der Waals surface area contributed by atoms with Gasteiger partial charge in [0.2, 0.25) is 0 Å². The van der Waals surface area contributed by atoms with Crippen LogP contribution >= 0.6 is 15.9 Å². The molecule has 1 unspecified atom stereocenters. The lowest BCUT2D eigenvalue weighted by Gasteiger charge is -2.29. The van der Waals surface area contributed by atoms with Crippen molar-refractivity contribution in [1.29, 1.82) is 0 Å². The Balaban J connectivity index is 1.87. The van der Waals surface area contributed by atoms with E-state index < -0.39 is 0 Å². The maximum atomic E-state index is 5.68. The van der Waals surface area contributed by atoms with E-state index in [-0.39, 0.29) is 6.10 Å². The second-order valence-electron chi connectivity index (χ2n) is 4.13. The summed E-state index contributed by atoms with van der Waals surface area (Å²) in [6.45, 7) is 3.58. The minimum absolute atomic E-state index is 0.234. The minimum Gasteiger partial charge on any atom is -0.374 e. The molecule has 0 radical (unpaired) electrons. The maximum absolute atomic E-state index is 5.68. The average Bonchev–Trinajstić information content (AvgIpc) is 2.66. The number of alkyl halides is 1. The predicted molar refractivity (Wildman–Crippen MR) is 64.8 cm³/mol. The van der Waals surface area contributed by atoms with E-state index in [1.165, 1.54) is 0 Å². The molecular formula is C10H17BrN4O. The first-order valence-electron chi connectivity index (χ1n) is 5.53. The van der Waals surface area contributed by atoms with Crippen LogP contribution in [-0.4, -0.2) is 58.1 Å². The summed E-state index contributed by atoms with van der Waals surface area (Å²) < 4.78 is 7.56. The van der Waals surface area contributed by atoms with Gasteiger partial charge in [-0.1, -0.05) is 21.1 Å². The minimum atomic E-state index is 0.234. The van der Waals surface area contributed by atoms with Crippen molar-refractivity contribution in [3.8, 4) is 0 Å². The van der Waals surface area contributed by atoms with E-state index in [1.807, 2.05) is 10.9 Å². The third kappa shape index (κ3) is 3.26. The molecule has 0 aromatic carbocycles. The number of nitrogens with zero attached hydrogens (tertiary/aromatic N) is 4. The van der Waals surface area contributed by atoms with Crippen molar-refractivity contribution in [3.63, 3.8) is 0 Å². The molecule has 6 heteroatoms. The highest BCUT2D eigenvalue weighted by molar-refractivity contribution is 9.09. The molecule has 0 saturated carbocycles. The van der Waals surface area contributed by atoms with Gasteiger partial charge >= 0.3 is 0 Å². The summed E-state index contributed by atoms with van der Waals surface area (Å²) in [7, 11) is 2.12. The third-order valence-corrected chi connectivity index (χ3v) is 3.07. The molecule has 1 aliphatic rings. The van der Waals surface area contributed by atoms with Gasteiger partial charge in [-0.05, 0) is 7.05 Å². The van der Waals surface area contributed by atoms with E-state index in [2.05, 4.69) is 38.2 Å². The van der Waals surface area contributed by atoms with E-state index in [9.17, 15) is 0 Å². The fourth-order valence-electron chi connectivity index (χ4n) is 1.83. The van der Waals surface area contributed by atoms with E-state index in [4.69, 9.17) is 4.74 Å². The topological polar surface area (TPSA) is 43.2 Å². The molecule has 2 rings (SSSR count). The fraction of sp³-hybridized carbons (Fsp3) is 0.800. The van der Waals surface area contributed by atoms with Crippen LogP contribution in [0.1, 0.15) is 5.69 Å². The van der Waals surface area contributed by atoms with Crippen LogP contribution in [0.4, 0.5) is 0 Å². The molecule has 1 saturated heterocycles. The Labute approximate surface area is 104 Å². The highest BCUT2D eigenvalue weighted by Crippen LogP contribution is 2.06. The molecule has 0 amide bonds. The molecule has 0 bridgehead atoms. The zero-order chi connectivity index (χ0) is 11.4. The largest absolute Gasteiger partial charge is 0.374 e. The Morgan fingerprint density at radius 2 is 2.50 bits per heavy atom. The first-order chi connectivity index (χ1) is 7.78. The standard InChI is InChI=1S/C10H17BrN4O/c1-14-4-5-16-10(7-14)8-15-6-9(2-3-11)12-13-15/h6,10H,2-5,7-8H2,1H3. The lowest BCUT2D eigenvalue weighted by molar-refractivity contribution is -0.0292. The van der Waals surface area contributed by atoms with Crippen LogP contribution in [0.15, 0.2) is 6.20 Å². The van der Waals surface area contributed by atoms with Crippen molar-refractivity contribution in [2.45, 2.75) is 19.1 Å². The summed E-state index contributed by atoms with van der Waals surface area (Å²) >= 11 is 3.39. The van der Waals surface area contributed by atoms with Gasteiger partial charge in [-0.25, -0.2) is 4.68 Å². The molecule has 0 aliphatic carbocycles. The molecule has 1 fully saturated rings. The second kappa shape index (κ2) is 5.75. The van der Waals surface area contributed by atoms with Crippen molar-refractivity contribution in [2.24, 2.45) is 0 Å². The first kappa shape index (κ1) is 12.0. The van der Waals surface area contributed by atoms with Crippen molar-refractivity contribution in [2.75, 3.05) is 32.1 Å². The Morgan fingerprint density at radius 1 is 1.62 bits per heavy atom. The van der Waals surface area contributed by atoms with Gasteiger partial charge in [0, 0.05) is 31.0 Å². The third-order valence-electron chi connectivity index (χ3n) is 2.67. The van der Waals surface area contributed by atoms with Crippen LogP contribution in [0.25, 0.3) is 0 Å². The van der Waals surface area contributed by atoms with Crippen LogP contribution in [0.2, 0.25) is 0 Å². The molecule has 1 aromatic rings. The number of likely N-dealkylation sites (N-methyl/N-ethyl adjacent to an activating group) is 1. The van der Waals surface area contributed by atoms with E-state index >= 15 is 0 Å². The van der Waals surface area contributed by atoms with Gasteiger partial charge in [0.15, 0.2) is 0 Å². The van der Waals surface area contributed by atoms with E-state index in [0.29, 0.717) is 0 Å². The Morgan fingerprint density at radius 3 is 3.25 bits per heavy atom. The Hall–Kier alpha value is -0.460. The number of hydrogen-bond donors (Lipinski definition) is 0. The highest BCUT2D eigenvalue weighted by Gasteiger charge is 2.18. The molecule has 16 heavy (non-hydrogen) atoms. The number of morpholine rings is 1. The van der Waals surface area contributed by atoms with Crippen molar-refractivity contribution in [1.82, 2.24) is 19.9 Å². The summed E-state index contributed by atoms with van der Waals surface area (Å²) in [5.41, 5.74) is 1.03. The lowest BCUT2D eigenvalue weighted by Crippen LogP contribution is -2.42. The quantitative estimate of drug-likeness (QED) is 0.759. The van der Waals surface area contributed by atoms with E-state index in [1.54, 1.807) is 0 Å². The predicted octanol–water partition coefficient (Wildman–Crippen LogP) is 0.546. The molecule has 0 N–H and O–H groups in total. The Kier molecular flexibility index (Phi) is 4.31. The number of aromatic nitrogens is 3. The Bertz CT molecular complexity index is 330. The van der Waals surface area contributed by atoms with Crippen molar-refractivity contribution >= 4 is 15.9 Å². The summed E-state index contributed by atoms with van der Waals surface area (Å²) in [6, 6.07) is 0. The van der Waals surface area contributed by atoms with Gasteiger partial charge in [0.05, 0.1) is 24.9 Å². The van der Waals surface area contributed by atoms with Crippen LogP contribution in [0.5, 0.6) is 0 Å². The summed E-state index contributed by atoms with van der Waals surface area (Å²) in [5.74, 6) is 0. The van der Waals surface area contributed by atoms with Gasteiger partial charge in [0.1, 0.15) is 0 Å². The fourth-order valence-corrected chi connectivity index (χ4v) is 2.23. The molecule has 90 valence electrons.